The number of carbonyl (C=O) groups excluding carboxylic acids is 6. The maximum atomic E-state index is 14.0. The van der Waals surface area contributed by atoms with Gasteiger partial charge >= 0.3 is 24.1 Å². The molecule has 0 aromatic carbocycles. The topological polar surface area (TPSA) is 149 Å². The van der Waals surface area contributed by atoms with E-state index in [2.05, 4.69) is 19.7 Å². The third-order valence-corrected chi connectivity index (χ3v) is 8.31. The van der Waals surface area contributed by atoms with Gasteiger partial charge in [0.2, 0.25) is 5.91 Å². The van der Waals surface area contributed by atoms with Crippen LogP contribution < -0.4 is 0 Å². The van der Waals surface area contributed by atoms with Crippen LogP contribution in [0.5, 0.6) is 0 Å². The SMILES string of the molecule is C=CCOC(=O)C(=O)N1C(=O)[C@@H]([C@@H](CO[SiH](C)C)C(C)(C)C)[C@H]1CC(=O)C1CN(C(=O)OCC=C)CCN1C(=O)OCC=C. The van der Waals surface area contributed by atoms with Crippen molar-refractivity contribution < 1.29 is 47.4 Å². The summed E-state index contributed by atoms with van der Waals surface area (Å²) < 4.78 is 21.2. The Kier molecular flexibility index (Phi) is 13.5. The average molecular weight is 636 g/mol. The number of hydrogen-bond donors (Lipinski definition) is 0. The van der Waals surface area contributed by atoms with E-state index in [0.717, 1.165) is 4.90 Å². The van der Waals surface area contributed by atoms with Crippen molar-refractivity contribution in [3.63, 3.8) is 0 Å². The number of imide groups is 1. The number of nitrogens with zero attached hydrogens (tertiary/aromatic N) is 3. The van der Waals surface area contributed by atoms with Gasteiger partial charge in [-0.1, -0.05) is 58.7 Å². The van der Waals surface area contributed by atoms with Gasteiger partial charge in [0.05, 0.1) is 18.5 Å². The summed E-state index contributed by atoms with van der Waals surface area (Å²) >= 11 is 0. The number of Topliss-reactive ketones (excluding diaryl/α,β-unsaturated/α-hetero) is 1. The highest BCUT2D eigenvalue weighted by Gasteiger charge is 2.58. The first-order valence-electron chi connectivity index (χ1n) is 14.6. The minimum absolute atomic E-state index is 0.0312. The molecule has 0 spiro atoms. The van der Waals surface area contributed by atoms with Crippen LogP contribution in [-0.2, 0) is 37.8 Å². The number of ketones is 1. The summed E-state index contributed by atoms with van der Waals surface area (Å²) in [6, 6.07) is -2.19. The predicted octanol–water partition coefficient (Wildman–Crippen LogP) is 2.32. The molecule has 0 aromatic heterocycles. The van der Waals surface area contributed by atoms with Crippen molar-refractivity contribution in [1.82, 2.24) is 14.7 Å². The Morgan fingerprint density at radius 3 is 2.05 bits per heavy atom. The van der Waals surface area contributed by atoms with Gasteiger partial charge in [-0.15, -0.1) is 0 Å². The Hall–Kier alpha value is -3.78. The fraction of sp³-hybridized carbons (Fsp3) is 0.600. The van der Waals surface area contributed by atoms with Crippen LogP contribution >= 0.6 is 0 Å². The Bertz CT molecular complexity index is 1130. The van der Waals surface area contributed by atoms with E-state index < -0.39 is 74.1 Å². The summed E-state index contributed by atoms with van der Waals surface area (Å²) in [5.74, 6) is -4.83. The minimum Gasteiger partial charge on any atom is -0.454 e. The van der Waals surface area contributed by atoms with Crippen LogP contribution in [0.1, 0.15) is 27.2 Å². The maximum Gasteiger partial charge on any atom is 0.410 e. The Balaban J connectivity index is 2.46. The van der Waals surface area contributed by atoms with Crippen LogP contribution in [0.2, 0.25) is 13.1 Å². The zero-order chi connectivity index (χ0) is 33.2. The lowest BCUT2D eigenvalue weighted by Crippen LogP contribution is -2.69. The number of likely N-dealkylation sites (tertiary alicyclic amines) is 1. The lowest BCUT2D eigenvalue weighted by Gasteiger charge is -2.51. The molecule has 2 saturated heterocycles. The molecule has 0 radical (unpaired) electrons. The summed E-state index contributed by atoms with van der Waals surface area (Å²) in [4.78, 5) is 82.0. The second-order valence-corrected chi connectivity index (χ2v) is 14.3. The molecule has 4 amide bonds. The van der Waals surface area contributed by atoms with E-state index in [4.69, 9.17) is 18.6 Å². The smallest absolute Gasteiger partial charge is 0.410 e. The predicted molar refractivity (Wildman–Crippen MR) is 163 cm³/mol. The van der Waals surface area contributed by atoms with Gasteiger partial charge in [0.15, 0.2) is 14.8 Å². The molecular formula is C30H45N3O10Si. The molecule has 2 fully saturated rings. The van der Waals surface area contributed by atoms with E-state index in [1.165, 1.54) is 28.0 Å². The number of rotatable bonds is 13. The Morgan fingerprint density at radius 2 is 1.50 bits per heavy atom. The highest BCUT2D eigenvalue weighted by atomic mass is 28.3. The third kappa shape index (κ3) is 9.11. The molecule has 2 rings (SSSR count). The van der Waals surface area contributed by atoms with E-state index in [0.29, 0.717) is 0 Å². The minimum atomic E-state index is -1.50. The van der Waals surface area contributed by atoms with Crippen molar-refractivity contribution in [1.29, 1.82) is 0 Å². The van der Waals surface area contributed by atoms with Crippen LogP contribution in [0.3, 0.4) is 0 Å². The standard InChI is InChI=1S/C30H45N3O10Si/c1-9-14-40-27(37)26(36)33-21(24(25(33)35)20(30(4,5)6)19-43-44(7)8)17-23(34)22-18-31(28(38)41-15-10-2)12-13-32(22)29(39)42-16-11-3/h9-11,20-22,24,44H,1-3,12-19H2,4-8H3/t20-,21-,22?,24+/m1/s1. The third-order valence-electron chi connectivity index (χ3n) is 7.45. The second-order valence-electron chi connectivity index (χ2n) is 11.9. The van der Waals surface area contributed by atoms with Crippen molar-refractivity contribution in [3.8, 4) is 0 Å². The van der Waals surface area contributed by atoms with Crippen LogP contribution in [0.25, 0.3) is 0 Å². The van der Waals surface area contributed by atoms with Gasteiger partial charge in [-0.25, -0.2) is 14.4 Å². The summed E-state index contributed by atoms with van der Waals surface area (Å²) in [6.07, 6.45) is 2.21. The lowest BCUT2D eigenvalue weighted by molar-refractivity contribution is -0.181. The summed E-state index contributed by atoms with van der Waals surface area (Å²) in [5.41, 5.74) is -0.472. The summed E-state index contributed by atoms with van der Waals surface area (Å²) in [5, 5.41) is 0. The molecule has 0 N–H and O–H groups in total. The van der Waals surface area contributed by atoms with E-state index in [1.54, 1.807) is 0 Å². The molecule has 2 aliphatic rings. The molecule has 44 heavy (non-hydrogen) atoms. The zero-order valence-electron chi connectivity index (χ0n) is 26.3. The molecule has 244 valence electrons. The van der Waals surface area contributed by atoms with Gasteiger partial charge < -0.3 is 23.5 Å². The van der Waals surface area contributed by atoms with Crippen molar-refractivity contribution in [3.05, 3.63) is 38.0 Å². The first-order valence-corrected chi connectivity index (χ1v) is 17.3. The Labute approximate surface area is 260 Å². The van der Waals surface area contributed by atoms with Gasteiger partial charge in [-0.2, -0.15) is 0 Å². The molecule has 2 aliphatic heterocycles. The molecule has 2 heterocycles. The second kappa shape index (κ2) is 16.3. The highest BCUT2D eigenvalue weighted by molar-refractivity contribution is 6.48. The largest absolute Gasteiger partial charge is 0.454 e. The van der Waals surface area contributed by atoms with Crippen LogP contribution in [0, 0.1) is 17.3 Å². The molecule has 0 saturated carbocycles. The number of hydrogen-bond acceptors (Lipinski definition) is 10. The van der Waals surface area contributed by atoms with E-state index >= 15 is 0 Å². The lowest BCUT2D eigenvalue weighted by atomic mass is 9.65. The van der Waals surface area contributed by atoms with Crippen molar-refractivity contribution in [2.24, 2.45) is 17.3 Å². The Morgan fingerprint density at radius 1 is 0.932 bits per heavy atom. The molecule has 4 atom stereocenters. The number of carbonyl (C=O) groups is 6. The number of ether oxygens (including phenoxy) is 3. The zero-order valence-corrected chi connectivity index (χ0v) is 27.5. The molecule has 1 unspecified atom stereocenters. The first-order chi connectivity index (χ1) is 20.7. The van der Waals surface area contributed by atoms with Gasteiger partial charge in [-0.05, 0) is 24.4 Å². The summed E-state index contributed by atoms with van der Waals surface area (Å²) in [6.45, 7) is 20.0. The maximum absolute atomic E-state index is 14.0. The monoisotopic (exact) mass is 635 g/mol. The molecule has 0 aromatic rings. The number of β-lactam (4-membered cyclic amide) rings is 1. The molecular weight excluding hydrogens is 590 g/mol. The van der Waals surface area contributed by atoms with Gasteiger partial charge in [0.25, 0.3) is 0 Å². The first kappa shape index (κ1) is 36.4. The van der Waals surface area contributed by atoms with Gasteiger partial charge in [-0.3, -0.25) is 24.2 Å². The van der Waals surface area contributed by atoms with Crippen LogP contribution in [0.15, 0.2) is 38.0 Å². The van der Waals surface area contributed by atoms with Crippen molar-refractivity contribution in [2.45, 2.75) is 52.4 Å². The molecule has 0 aliphatic carbocycles. The van der Waals surface area contributed by atoms with Crippen LogP contribution in [-0.4, -0.2) is 118 Å². The molecule has 0 bridgehead atoms. The van der Waals surface area contributed by atoms with Gasteiger partial charge in [0.1, 0.15) is 25.9 Å². The fourth-order valence-electron chi connectivity index (χ4n) is 5.18. The quantitative estimate of drug-likeness (QED) is 0.0737. The fourth-order valence-corrected chi connectivity index (χ4v) is 5.77. The van der Waals surface area contributed by atoms with Crippen LogP contribution in [0.4, 0.5) is 9.59 Å². The number of amides is 4. The van der Waals surface area contributed by atoms with Crippen molar-refractivity contribution in [2.75, 3.05) is 46.1 Å². The average Bonchev–Trinajstić information content (AvgIpc) is 2.97. The van der Waals surface area contributed by atoms with Crippen molar-refractivity contribution >= 4 is 44.8 Å². The van der Waals surface area contributed by atoms with E-state index in [9.17, 15) is 28.8 Å². The molecule has 13 nitrogen and oxygen atoms in total. The normalized spacial score (nSPS) is 20.7. The van der Waals surface area contributed by atoms with E-state index in [1.807, 2.05) is 33.9 Å². The number of esters is 1. The molecule has 14 heteroatoms. The van der Waals surface area contributed by atoms with E-state index in [-0.39, 0.29) is 52.5 Å². The highest BCUT2D eigenvalue weighted by Crippen LogP contribution is 2.44. The van der Waals surface area contributed by atoms with Gasteiger partial charge in [0, 0.05) is 26.1 Å². The summed E-state index contributed by atoms with van der Waals surface area (Å²) in [7, 11) is -1.50. The number of piperazine rings is 1.